The van der Waals surface area contributed by atoms with Crippen LogP contribution in [0.3, 0.4) is 0 Å². The Labute approximate surface area is 202 Å². The van der Waals surface area contributed by atoms with Gasteiger partial charge < -0.3 is 10.2 Å². The summed E-state index contributed by atoms with van der Waals surface area (Å²) in [5.41, 5.74) is 5.08. The van der Waals surface area contributed by atoms with Gasteiger partial charge in [0.25, 0.3) is 0 Å². The summed E-state index contributed by atoms with van der Waals surface area (Å²) in [6.07, 6.45) is 1.85. The molecule has 0 unspecified atom stereocenters. The lowest BCUT2D eigenvalue weighted by molar-refractivity contribution is -0.125. The van der Waals surface area contributed by atoms with Crippen LogP contribution in [0.25, 0.3) is 16.0 Å². The summed E-state index contributed by atoms with van der Waals surface area (Å²) in [6, 6.07) is 15.9. The van der Waals surface area contributed by atoms with Gasteiger partial charge >= 0.3 is 0 Å². The average molecular weight is 480 g/mol. The highest BCUT2D eigenvalue weighted by atomic mass is 35.5. The molecule has 2 aromatic carbocycles. The highest BCUT2D eigenvalue weighted by Gasteiger charge is 2.28. The van der Waals surface area contributed by atoms with Gasteiger partial charge in [0.15, 0.2) is 10.8 Å². The molecule has 4 aromatic rings. The van der Waals surface area contributed by atoms with Crippen LogP contribution in [0, 0.1) is 19.8 Å². The van der Waals surface area contributed by atoms with Crippen molar-refractivity contribution in [1.29, 1.82) is 0 Å². The lowest BCUT2D eigenvalue weighted by Crippen LogP contribution is -2.43. The summed E-state index contributed by atoms with van der Waals surface area (Å²) in [6.45, 7) is 6.17. The Balaban J connectivity index is 1.32. The molecule has 8 heteroatoms. The van der Waals surface area contributed by atoms with E-state index in [4.69, 9.17) is 21.7 Å². The number of nitrogens with zero attached hydrogens (tertiary/aromatic N) is 4. The van der Waals surface area contributed by atoms with Crippen LogP contribution >= 0.6 is 22.9 Å². The molecular weight excluding hydrogens is 454 g/mol. The van der Waals surface area contributed by atoms with Gasteiger partial charge in [-0.3, -0.25) is 4.79 Å². The molecule has 1 saturated heterocycles. The first-order valence-corrected chi connectivity index (χ1v) is 12.4. The molecule has 33 heavy (non-hydrogen) atoms. The molecule has 0 spiro atoms. The van der Waals surface area contributed by atoms with E-state index in [0.29, 0.717) is 18.1 Å². The number of thiazole rings is 1. The van der Waals surface area contributed by atoms with E-state index in [1.165, 1.54) is 5.56 Å². The van der Waals surface area contributed by atoms with E-state index in [1.807, 2.05) is 35.9 Å². The smallest absolute Gasteiger partial charge is 0.225 e. The zero-order valence-electron chi connectivity index (χ0n) is 18.7. The summed E-state index contributed by atoms with van der Waals surface area (Å²) in [7, 11) is 0. The normalized spacial score (nSPS) is 16.3. The number of rotatable bonds is 5. The summed E-state index contributed by atoms with van der Waals surface area (Å²) in [5, 5.41) is 9.43. The summed E-state index contributed by atoms with van der Waals surface area (Å²) < 4.78 is 3.02. The number of hydrogen-bond donors (Lipinski definition) is 1. The van der Waals surface area contributed by atoms with Crippen LogP contribution in [-0.2, 0) is 11.3 Å². The lowest BCUT2D eigenvalue weighted by Gasteiger charge is -2.31. The maximum Gasteiger partial charge on any atom is 0.225 e. The Morgan fingerprint density at radius 1 is 1.21 bits per heavy atom. The van der Waals surface area contributed by atoms with Gasteiger partial charge in [0, 0.05) is 24.7 Å². The second kappa shape index (κ2) is 9.15. The molecule has 170 valence electrons. The largest absolute Gasteiger partial charge is 0.352 e. The molecule has 1 fully saturated rings. The number of halogens is 1. The Kier molecular flexibility index (Phi) is 6.08. The van der Waals surface area contributed by atoms with Crippen molar-refractivity contribution in [2.45, 2.75) is 33.2 Å². The number of nitrogens with one attached hydrogen (secondary N) is 1. The van der Waals surface area contributed by atoms with Crippen LogP contribution in [0.4, 0.5) is 5.13 Å². The van der Waals surface area contributed by atoms with Gasteiger partial charge in [-0.05, 0) is 56.5 Å². The molecule has 0 radical (unpaired) electrons. The second-order valence-electron chi connectivity index (χ2n) is 8.61. The summed E-state index contributed by atoms with van der Waals surface area (Å²) >= 11 is 7.72. The SMILES string of the molecule is Cc1ccc(-n2nc(C)c3sc(N4CCC[C@H](C(=O)NCc5cccc(Cl)c5)C4)nc32)cc1. The first-order valence-electron chi connectivity index (χ1n) is 11.2. The molecule has 1 N–H and O–H groups in total. The van der Waals surface area contributed by atoms with Crippen molar-refractivity contribution in [2.75, 3.05) is 18.0 Å². The van der Waals surface area contributed by atoms with Gasteiger partial charge in [-0.1, -0.05) is 52.8 Å². The number of carbonyl (C=O) groups excluding carboxylic acids is 1. The van der Waals surface area contributed by atoms with Crippen LogP contribution in [0.2, 0.25) is 5.02 Å². The van der Waals surface area contributed by atoms with E-state index in [1.54, 1.807) is 11.3 Å². The zero-order chi connectivity index (χ0) is 22.9. The van der Waals surface area contributed by atoms with E-state index in [9.17, 15) is 4.79 Å². The van der Waals surface area contributed by atoms with Gasteiger partial charge in [0.2, 0.25) is 5.91 Å². The first kappa shape index (κ1) is 21.9. The van der Waals surface area contributed by atoms with Crippen LogP contribution in [-0.4, -0.2) is 33.8 Å². The molecule has 0 aliphatic carbocycles. The van der Waals surface area contributed by atoms with Crippen molar-refractivity contribution in [1.82, 2.24) is 20.1 Å². The number of carbonyl (C=O) groups is 1. The van der Waals surface area contributed by atoms with Gasteiger partial charge in [-0.2, -0.15) is 10.1 Å². The van der Waals surface area contributed by atoms with E-state index in [-0.39, 0.29) is 11.8 Å². The molecule has 1 amide bonds. The van der Waals surface area contributed by atoms with E-state index in [2.05, 4.69) is 41.4 Å². The molecule has 1 aliphatic heterocycles. The van der Waals surface area contributed by atoms with Crippen molar-refractivity contribution in [3.63, 3.8) is 0 Å². The molecule has 1 aliphatic rings. The molecule has 1 atom stereocenters. The summed E-state index contributed by atoms with van der Waals surface area (Å²) in [4.78, 5) is 20.1. The predicted octanol–water partition coefficient (Wildman–Crippen LogP) is 5.29. The molecule has 6 nitrogen and oxygen atoms in total. The van der Waals surface area contributed by atoms with Gasteiger partial charge in [-0.25, -0.2) is 4.68 Å². The molecule has 0 saturated carbocycles. The Morgan fingerprint density at radius 2 is 2.03 bits per heavy atom. The molecular formula is C25H26ClN5OS. The number of aromatic nitrogens is 3. The van der Waals surface area contributed by atoms with Gasteiger partial charge in [0.1, 0.15) is 0 Å². The second-order valence-corrected chi connectivity index (χ2v) is 10.0. The minimum Gasteiger partial charge on any atom is -0.352 e. The topological polar surface area (TPSA) is 63.1 Å². The highest BCUT2D eigenvalue weighted by Crippen LogP contribution is 2.34. The molecule has 2 aromatic heterocycles. The fourth-order valence-electron chi connectivity index (χ4n) is 4.27. The number of aryl methyl sites for hydroxylation is 2. The van der Waals surface area contributed by atoms with Crippen LogP contribution in [0.1, 0.15) is 29.7 Å². The Hall–Kier alpha value is -2.90. The Morgan fingerprint density at radius 3 is 2.82 bits per heavy atom. The average Bonchev–Trinajstić information content (AvgIpc) is 3.39. The summed E-state index contributed by atoms with van der Waals surface area (Å²) in [5.74, 6) is 0.0300. The molecule has 3 heterocycles. The standard InChI is InChI=1S/C25H26ClN5OS/c1-16-8-10-21(11-9-16)31-23-22(17(2)29-31)33-25(28-23)30-12-4-6-19(15-30)24(32)27-14-18-5-3-7-20(26)13-18/h3,5,7-11,13,19H,4,6,12,14-15H2,1-2H3,(H,27,32)/t19-/m0/s1. The van der Waals surface area contributed by atoms with Crippen molar-refractivity contribution in [3.8, 4) is 5.69 Å². The number of fused-ring (bicyclic) bond motifs is 1. The number of amides is 1. The van der Waals surface area contributed by atoms with Gasteiger partial charge in [-0.15, -0.1) is 0 Å². The number of piperidine rings is 1. The zero-order valence-corrected chi connectivity index (χ0v) is 20.3. The minimum absolute atomic E-state index is 0.0559. The van der Waals surface area contributed by atoms with E-state index >= 15 is 0 Å². The Bertz CT molecular complexity index is 1300. The molecule has 5 rings (SSSR count). The van der Waals surface area contributed by atoms with Gasteiger partial charge in [0.05, 0.1) is 22.0 Å². The number of hydrogen-bond acceptors (Lipinski definition) is 5. The third kappa shape index (κ3) is 4.61. The lowest BCUT2D eigenvalue weighted by atomic mass is 9.97. The van der Waals surface area contributed by atoms with Crippen molar-refractivity contribution in [3.05, 3.63) is 70.4 Å². The van der Waals surface area contributed by atoms with Crippen molar-refractivity contribution < 1.29 is 4.79 Å². The maximum absolute atomic E-state index is 12.9. The quantitative estimate of drug-likeness (QED) is 0.422. The minimum atomic E-state index is -0.0559. The third-order valence-electron chi connectivity index (χ3n) is 6.07. The third-order valence-corrected chi connectivity index (χ3v) is 7.52. The van der Waals surface area contributed by atoms with Crippen molar-refractivity contribution >= 4 is 44.3 Å². The monoisotopic (exact) mass is 479 g/mol. The highest BCUT2D eigenvalue weighted by molar-refractivity contribution is 7.22. The van der Waals surface area contributed by atoms with Crippen LogP contribution in [0.5, 0.6) is 0 Å². The van der Waals surface area contributed by atoms with E-state index < -0.39 is 0 Å². The predicted molar refractivity (Wildman–Crippen MR) is 134 cm³/mol. The van der Waals surface area contributed by atoms with Crippen LogP contribution in [0.15, 0.2) is 48.5 Å². The number of anilines is 1. The fourth-order valence-corrected chi connectivity index (χ4v) is 5.50. The fraction of sp³-hybridized carbons (Fsp3) is 0.320. The maximum atomic E-state index is 12.9. The first-order chi connectivity index (χ1) is 16.0. The van der Waals surface area contributed by atoms with Crippen molar-refractivity contribution in [2.24, 2.45) is 5.92 Å². The van der Waals surface area contributed by atoms with Crippen LogP contribution < -0.4 is 10.2 Å². The van der Waals surface area contributed by atoms with E-state index in [0.717, 1.165) is 51.8 Å². The molecule has 0 bridgehead atoms. The number of benzene rings is 2.